The van der Waals surface area contributed by atoms with Crippen LogP contribution in [0.4, 0.5) is 5.82 Å². The number of fused-ring (bicyclic) bond motifs is 1. The molecule has 1 aliphatic heterocycles. The number of rotatable bonds is 6. The lowest BCUT2D eigenvalue weighted by Crippen LogP contribution is -2.50. The highest BCUT2D eigenvalue weighted by molar-refractivity contribution is 7.17. The number of anilines is 1. The maximum atomic E-state index is 12.3. The third-order valence-electron chi connectivity index (χ3n) is 6.37. The number of nitrogens with zero attached hydrogens (tertiary/aromatic N) is 5. The first kappa shape index (κ1) is 21.2. The molecule has 1 aliphatic carbocycles. The predicted octanol–water partition coefficient (Wildman–Crippen LogP) is 3.82. The van der Waals surface area contributed by atoms with Crippen LogP contribution in [0, 0.1) is 0 Å². The molecule has 7 nitrogen and oxygen atoms in total. The van der Waals surface area contributed by atoms with Crippen LogP contribution in [0.5, 0.6) is 0 Å². The molecule has 172 valence electrons. The molecule has 3 aromatic heterocycles. The molecule has 1 saturated heterocycles. The van der Waals surface area contributed by atoms with Crippen LogP contribution in [0.2, 0.25) is 0 Å². The predicted molar refractivity (Wildman–Crippen MR) is 136 cm³/mol. The van der Waals surface area contributed by atoms with Gasteiger partial charge in [0.1, 0.15) is 16.3 Å². The summed E-state index contributed by atoms with van der Waals surface area (Å²) in [5, 5.41) is 6.37. The number of piperazine rings is 1. The van der Waals surface area contributed by atoms with Gasteiger partial charge in [0.2, 0.25) is 5.91 Å². The van der Waals surface area contributed by atoms with Crippen molar-refractivity contribution >= 4 is 33.3 Å². The zero-order chi connectivity index (χ0) is 22.9. The van der Waals surface area contributed by atoms with E-state index in [-0.39, 0.29) is 5.91 Å². The normalized spacial score (nSPS) is 16.6. The number of amides is 1. The van der Waals surface area contributed by atoms with E-state index in [1.807, 2.05) is 24.3 Å². The molecule has 0 bridgehead atoms. The molecule has 0 spiro atoms. The Bertz CT molecular complexity index is 1300. The molecule has 34 heavy (non-hydrogen) atoms. The van der Waals surface area contributed by atoms with Crippen LogP contribution in [0.1, 0.15) is 12.8 Å². The number of hydrogen-bond donors (Lipinski definition) is 1. The molecule has 2 fully saturated rings. The minimum absolute atomic E-state index is 0.141. The van der Waals surface area contributed by atoms with Gasteiger partial charge in [-0.15, -0.1) is 11.3 Å². The molecule has 6 rings (SSSR count). The number of carbonyl (C=O) groups excluding carboxylic acids is 1. The standard InChI is InChI=1S/C26H26N6OS/c33-22(28-19-9-10-19)16-31-12-14-32(15-13-31)25-23-20(18-6-2-1-3-7-18)17-34-26(23)30-24(29-25)21-8-4-5-11-27-21/h1-8,11,17,19H,9-10,12-16H2,(H,28,33). The second kappa shape index (κ2) is 9.12. The third-order valence-corrected chi connectivity index (χ3v) is 7.25. The van der Waals surface area contributed by atoms with Crippen LogP contribution in [0.25, 0.3) is 32.9 Å². The Morgan fingerprint density at radius 2 is 1.79 bits per heavy atom. The first-order valence-corrected chi connectivity index (χ1v) is 12.7. The Labute approximate surface area is 202 Å². The van der Waals surface area contributed by atoms with Crippen molar-refractivity contribution in [3.05, 3.63) is 60.1 Å². The van der Waals surface area contributed by atoms with E-state index in [2.05, 4.69) is 49.7 Å². The van der Waals surface area contributed by atoms with Crippen LogP contribution in [0.3, 0.4) is 0 Å². The van der Waals surface area contributed by atoms with Crippen molar-refractivity contribution < 1.29 is 4.79 Å². The summed E-state index contributed by atoms with van der Waals surface area (Å²) in [7, 11) is 0. The smallest absolute Gasteiger partial charge is 0.234 e. The van der Waals surface area contributed by atoms with E-state index in [1.54, 1.807) is 17.5 Å². The number of carbonyl (C=O) groups is 1. The maximum Gasteiger partial charge on any atom is 0.234 e. The summed E-state index contributed by atoms with van der Waals surface area (Å²) >= 11 is 1.65. The summed E-state index contributed by atoms with van der Waals surface area (Å²) in [4.78, 5) is 32.2. The van der Waals surface area contributed by atoms with Gasteiger partial charge in [-0.2, -0.15) is 0 Å². The highest BCUT2D eigenvalue weighted by Gasteiger charge is 2.27. The van der Waals surface area contributed by atoms with Crippen molar-refractivity contribution in [2.45, 2.75) is 18.9 Å². The number of pyridine rings is 1. The topological polar surface area (TPSA) is 74.2 Å². The largest absolute Gasteiger partial charge is 0.353 e. The second-order valence-electron chi connectivity index (χ2n) is 8.89. The Morgan fingerprint density at radius 3 is 2.53 bits per heavy atom. The van der Waals surface area contributed by atoms with Gasteiger partial charge >= 0.3 is 0 Å². The van der Waals surface area contributed by atoms with Crippen LogP contribution < -0.4 is 10.2 Å². The molecule has 0 radical (unpaired) electrons. The van der Waals surface area contributed by atoms with Crippen LogP contribution in [-0.4, -0.2) is 64.5 Å². The van der Waals surface area contributed by atoms with E-state index < -0.39 is 0 Å². The van der Waals surface area contributed by atoms with Crippen molar-refractivity contribution in [1.29, 1.82) is 0 Å². The fraction of sp³-hybridized carbons (Fsp3) is 0.308. The van der Waals surface area contributed by atoms with Crippen molar-refractivity contribution in [2.24, 2.45) is 0 Å². The van der Waals surface area contributed by atoms with Crippen LogP contribution >= 0.6 is 11.3 Å². The molecule has 1 aromatic carbocycles. The zero-order valence-electron chi connectivity index (χ0n) is 18.9. The van der Waals surface area contributed by atoms with E-state index in [9.17, 15) is 4.79 Å². The SMILES string of the molecule is O=C(CN1CCN(c2nc(-c3ccccn3)nc3scc(-c4ccccc4)c23)CC1)NC1CC1. The fourth-order valence-electron chi connectivity index (χ4n) is 4.41. The van der Waals surface area contributed by atoms with Gasteiger partial charge in [0.15, 0.2) is 5.82 Å². The highest BCUT2D eigenvalue weighted by Crippen LogP contribution is 2.39. The van der Waals surface area contributed by atoms with Crippen LogP contribution in [-0.2, 0) is 4.79 Å². The number of thiophene rings is 1. The Morgan fingerprint density at radius 1 is 1.00 bits per heavy atom. The lowest BCUT2D eigenvalue weighted by atomic mass is 10.1. The van der Waals surface area contributed by atoms with Gasteiger partial charge in [-0.05, 0) is 30.5 Å². The molecule has 0 atom stereocenters. The molecule has 2 aliphatic rings. The summed E-state index contributed by atoms with van der Waals surface area (Å²) in [5.74, 6) is 1.74. The van der Waals surface area contributed by atoms with E-state index in [4.69, 9.17) is 9.97 Å². The number of aromatic nitrogens is 3. The summed E-state index contributed by atoms with van der Waals surface area (Å²) < 4.78 is 0. The van der Waals surface area contributed by atoms with E-state index in [0.717, 1.165) is 66.3 Å². The number of benzene rings is 1. The number of nitrogens with one attached hydrogen (secondary N) is 1. The first-order valence-electron chi connectivity index (χ1n) is 11.8. The minimum Gasteiger partial charge on any atom is -0.353 e. The van der Waals surface area contributed by atoms with Crippen molar-refractivity contribution in [2.75, 3.05) is 37.6 Å². The highest BCUT2D eigenvalue weighted by atomic mass is 32.1. The van der Waals surface area contributed by atoms with Crippen molar-refractivity contribution in [3.8, 4) is 22.6 Å². The van der Waals surface area contributed by atoms with Crippen LogP contribution in [0.15, 0.2) is 60.1 Å². The monoisotopic (exact) mass is 470 g/mol. The van der Waals surface area contributed by atoms with E-state index in [0.29, 0.717) is 18.4 Å². The summed E-state index contributed by atoms with van der Waals surface area (Å²) in [5.41, 5.74) is 3.10. The molecular weight excluding hydrogens is 444 g/mol. The lowest BCUT2D eigenvalue weighted by molar-refractivity contribution is -0.122. The zero-order valence-corrected chi connectivity index (χ0v) is 19.7. The molecular formula is C26H26N6OS. The fourth-order valence-corrected chi connectivity index (χ4v) is 5.36. The Balaban J connectivity index is 1.33. The van der Waals surface area contributed by atoms with Gasteiger partial charge in [-0.3, -0.25) is 14.7 Å². The average molecular weight is 471 g/mol. The third kappa shape index (κ3) is 4.38. The summed E-state index contributed by atoms with van der Waals surface area (Å²) in [6, 6.07) is 16.6. The summed E-state index contributed by atoms with van der Waals surface area (Å²) in [6.07, 6.45) is 4.01. The van der Waals surface area contributed by atoms with Gasteiger partial charge in [-0.25, -0.2) is 9.97 Å². The molecule has 4 aromatic rings. The molecule has 1 N–H and O–H groups in total. The second-order valence-corrected chi connectivity index (χ2v) is 9.74. The van der Waals surface area contributed by atoms with E-state index >= 15 is 0 Å². The molecule has 1 amide bonds. The van der Waals surface area contributed by atoms with E-state index in [1.165, 1.54) is 5.56 Å². The van der Waals surface area contributed by atoms with Gasteiger partial charge in [0.05, 0.1) is 11.9 Å². The quantitative estimate of drug-likeness (QED) is 0.462. The molecule has 1 saturated carbocycles. The van der Waals surface area contributed by atoms with Gasteiger partial charge in [0, 0.05) is 49.4 Å². The van der Waals surface area contributed by atoms with Gasteiger partial charge in [-0.1, -0.05) is 36.4 Å². The average Bonchev–Trinajstić information content (AvgIpc) is 3.59. The molecule has 8 heteroatoms. The summed E-state index contributed by atoms with van der Waals surface area (Å²) in [6.45, 7) is 3.75. The Hall–Kier alpha value is -3.36. The van der Waals surface area contributed by atoms with Crippen molar-refractivity contribution in [1.82, 2.24) is 25.2 Å². The Kier molecular flexibility index (Phi) is 5.68. The molecule has 4 heterocycles. The minimum atomic E-state index is 0.141. The lowest BCUT2D eigenvalue weighted by Gasteiger charge is -2.35. The maximum absolute atomic E-state index is 12.3. The van der Waals surface area contributed by atoms with Crippen molar-refractivity contribution in [3.63, 3.8) is 0 Å². The molecule has 0 unspecified atom stereocenters. The van der Waals surface area contributed by atoms with Gasteiger partial charge in [0.25, 0.3) is 0 Å². The number of hydrogen-bond acceptors (Lipinski definition) is 7. The first-order chi connectivity index (χ1) is 16.7. The van der Waals surface area contributed by atoms with Gasteiger partial charge < -0.3 is 10.2 Å².